The molecule has 1 aromatic carbocycles. The molecule has 1 aliphatic heterocycles. The van der Waals surface area contributed by atoms with E-state index in [0.29, 0.717) is 0 Å². The SMILES string of the molecule is COc1cccc(CN2CCO[C@H](Cn3nc(C)nc3C)C2)c1. The molecular weight excluding hydrogens is 292 g/mol. The van der Waals surface area contributed by atoms with Crippen molar-refractivity contribution in [3.05, 3.63) is 41.5 Å². The van der Waals surface area contributed by atoms with Crippen LogP contribution in [0.25, 0.3) is 0 Å². The van der Waals surface area contributed by atoms with Gasteiger partial charge in [-0.15, -0.1) is 0 Å². The highest BCUT2D eigenvalue weighted by atomic mass is 16.5. The highest BCUT2D eigenvalue weighted by Gasteiger charge is 2.22. The van der Waals surface area contributed by atoms with Crippen molar-refractivity contribution < 1.29 is 9.47 Å². The first-order valence-electron chi connectivity index (χ1n) is 7.99. The molecule has 2 heterocycles. The molecule has 6 nitrogen and oxygen atoms in total. The van der Waals surface area contributed by atoms with Crippen molar-refractivity contribution in [2.24, 2.45) is 0 Å². The van der Waals surface area contributed by atoms with Gasteiger partial charge in [-0.25, -0.2) is 9.67 Å². The Morgan fingerprint density at radius 3 is 2.96 bits per heavy atom. The van der Waals surface area contributed by atoms with Crippen LogP contribution in [0.5, 0.6) is 5.75 Å². The second kappa shape index (κ2) is 7.10. The summed E-state index contributed by atoms with van der Waals surface area (Å²) in [5.41, 5.74) is 1.26. The maximum atomic E-state index is 5.90. The second-order valence-corrected chi connectivity index (χ2v) is 5.97. The van der Waals surface area contributed by atoms with Gasteiger partial charge in [0.1, 0.15) is 17.4 Å². The zero-order valence-electron chi connectivity index (χ0n) is 14.0. The molecule has 2 aromatic rings. The third kappa shape index (κ3) is 4.09. The molecule has 1 atom stereocenters. The molecular formula is C17H24N4O2. The second-order valence-electron chi connectivity index (χ2n) is 5.97. The third-order valence-corrected chi connectivity index (χ3v) is 4.10. The number of hydrogen-bond donors (Lipinski definition) is 0. The lowest BCUT2D eigenvalue weighted by Crippen LogP contribution is -2.43. The zero-order valence-corrected chi connectivity index (χ0v) is 14.0. The van der Waals surface area contributed by atoms with E-state index < -0.39 is 0 Å². The van der Waals surface area contributed by atoms with Crippen molar-refractivity contribution in [1.29, 1.82) is 0 Å². The van der Waals surface area contributed by atoms with E-state index in [4.69, 9.17) is 9.47 Å². The molecule has 0 aliphatic carbocycles. The summed E-state index contributed by atoms with van der Waals surface area (Å²) in [7, 11) is 1.70. The van der Waals surface area contributed by atoms with Gasteiger partial charge in [-0.05, 0) is 31.5 Å². The normalized spacial score (nSPS) is 19.0. The predicted octanol–water partition coefficient (Wildman–Crippen LogP) is 1.80. The van der Waals surface area contributed by atoms with E-state index in [1.54, 1.807) is 7.11 Å². The largest absolute Gasteiger partial charge is 0.497 e. The summed E-state index contributed by atoms with van der Waals surface area (Å²) in [5, 5.41) is 4.43. The van der Waals surface area contributed by atoms with E-state index in [1.807, 2.05) is 30.7 Å². The molecule has 0 N–H and O–H groups in total. The first-order chi connectivity index (χ1) is 11.1. The summed E-state index contributed by atoms with van der Waals surface area (Å²) in [6.45, 7) is 8.16. The lowest BCUT2D eigenvalue weighted by Gasteiger charge is -2.33. The zero-order chi connectivity index (χ0) is 16.2. The van der Waals surface area contributed by atoms with Crippen LogP contribution in [0.4, 0.5) is 0 Å². The van der Waals surface area contributed by atoms with Crippen LogP contribution in [0.1, 0.15) is 17.2 Å². The van der Waals surface area contributed by atoms with Crippen LogP contribution in [0.2, 0.25) is 0 Å². The first-order valence-corrected chi connectivity index (χ1v) is 7.99. The molecule has 0 unspecified atom stereocenters. The molecule has 3 rings (SSSR count). The van der Waals surface area contributed by atoms with Gasteiger partial charge < -0.3 is 9.47 Å². The average molecular weight is 316 g/mol. The van der Waals surface area contributed by atoms with E-state index in [2.05, 4.69) is 27.1 Å². The number of benzene rings is 1. The Hall–Kier alpha value is -1.92. The van der Waals surface area contributed by atoms with Crippen LogP contribution in [0, 0.1) is 13.8 Å². The van der Waals surface area contributed by atoms with Crippen molar-refractivity contribution >= 4 is 0 Å². The summed E-state index contributed by atoms with van der Waals surface area (Å²) >= 11 is 0. The minimum atomic E-state index is 0.147. The van der Waals surface area contributed by atoms with Crippen LogP contribution < -0.4 is 4.74 Å². The Morgan fingerprint density at radius 2 is 2.22 bits per heavy atom. The summed E-state index contributed by atoms with van der Waals surface area (Å²) in [4.78, 5) is 6.77. The number of aryl methyl sites for hydroxylation is 2. The summed E-state index contributed by atoms with van der Waals surface area (Å²) in [5.74, 6) is 2.66. The van der Waals surface area contributed by atoms with Gasteiger partial charge in [0.05, 0.1) is 26.4 Å². The van der Waals surface area contributed by atoms with Gasteiger partial charge in [0.15, 0.2) is 0 Å². The lowest BCUT2D eigenvalue weighted by atomic mass is 10.1. The number of hydrogen-bond acceptors (Lipinski definition) is 5. The topological polar surface area (TPSA) is 52.4 Å². The predicted molar refractivity (Wildman–Crippen MR) is 87.5 cm³/mol. The molecule has 124 valence electrons. The Balaban J connectivity index is 1.60. The molecule has 1 saturated heterocycles. The molecule has 1 aromatic heterocycles. The van der Waals surface area contributed by atoms with Gasteiger partial charge in [-0.2, -0.15) is 5.10 Å². The van der Waals surface area contributed by atoms with Crippen LogP contribution in [0.3, 0.4) is 0 Å². The van der Waals surface area contributed by atoms with E-state index in [-0.39, 0.29) is 6.10 Å². The van der Waals surface area contributed by atoms with Crippen molar-refractivity contribution in [3.63, 3.8) is 0 Å². The summed E-state index contributed by atoms with van der Waals surface area (Å²) < 4.78 is 13.1. The minimum Gasteiger partial charge on any atom is -0.497 e. The van der Waals surface area contributed by atoms with Crippen molar-refractivity contribution in [3.8, 4) is 5.75 Å². The van der Waals surface area contributed by atoms with E-state index in [0.717, 1.165) is 50.2 Å². The Kier molecular flexibility index (Phi) is 4.93. The number of rotatable bonds is 5. The highest BCUT2D eigenvalue weighted by Crippen LogP contribution is 2.16. The number of ether oxygens (including phenoxy) is 2. The van der Waals surface area contributed by atoms with Crippen molar-refractivity contribution in [1.82, 2.24) is 19.7 Å². The monoisotopic (exact) mass is 316 g/mol. The van der Waals surface area contributed by atoms with Gasteiger partial charge in [-0.1, -0.05) is 12.1 Å². The van der Waals surface area contributed by atoms with Gasteiger partial charge in [0.25, 0.3) is 0 Å². The molecule has 23 heavy (non-hydrogen) atoms. The van der Waals surface area contributed by atoms with Crippen LogP contribution in [-0.2, 0) is 17.8 Å². The molecule has 0 amide bonds. The summed E-state index contributed by atoms with van der Waals surface area (Å²) in [6.07, 6.45) is 0.147. The van der Waals surface area contributed by atoms with E-state index >= 15 is 0 Å². The van der Waals surface area contributed by atoms with Crippen molar-refractivity contribution in [2.75, 3.05) is 26.8 Å². The van der Waals surface area contributed by atoms with E-state index in [1.165, 1.54) is 5.56 Å². The van der Waals surface area contributed by atoms with Crippen molar-refractivity contribution in [2.45, 2.75) is 33.0 Å². The molecule has 6 heteroatoms. The lowest BCUT2D eigenvalue weighted by molar-refractivity contribution is -0.0405. The Labute approximate surface area is 137 Å². The van der Waals surface area contributed by atoms with Crippen LogP contribution in [-0.4, -0.2) is 52.6 Å². The number of aromatic nitrogens is 3. The third-order valence-electron chi connectivity index (χ3n) is 4.10. The fourth-order valence-corrected chi connectivity index (χ4v) is 2.99. The summed E-state index contributed by atoms with van der Waals surface area (Å²) in [6, 6.07) is 8.24. The van der Waals surface area contributed by atoms with Crippen LogP contribution >= 0.6 is 0 Å². The molecule has 1 aliphatic rings. The fraction of sp³-hybridized carbons (Fsp3) is 0.529. The van der Waals surface area contributed by atoms with Gasteiger partial charge in [0, 0.05) is 19.6 Å². The van der Waals surface area contributed by atoms with E-state index in [9.17, 15) is 0 Å². The molecule has 0 radical (unpaired) electrons. The molecule has 1 fully saturated rings. The quantitative estimate of drug-likeness (QED) is 0.842. The highest BCUT2D eigenvalue weighted by molar-refractivity contribution is 5.28. The minimum absolute atomic E-state index is 0.147. The number of nitrogens with zero attached hydrogens (tertiary/aromatic N) is 4. The molecule has 0 saturated carbocycles. The standard InChI is InChI=1S/C17H24N4O2/c1-13-18-14(2)21(19-13)12-17-11-20(7-8-23-17)10-15-5-4-6-16(9-15)22-3/h4-6,9,17H,7-8,10-12H2,1-3H3/t17-/m0/s1. The van der Waals surface area contributed by atoms with Gasteiger partial charge >= 0.3 is 0 Å². The average Bonchev–Trinajstić information content (AvgIpc) is 2.85. The maximum absolute atomic E-state index is 5.90. The molecule has 0 spiro atoms. The number of morpholine rings is 1. The maximum Gasteiger partial charge on any atom is 0.147 e. The Bertz CT molecular complexity index is 656. The molecule has 0 bridgehead atoms. The first kappa shape index (κ1) is 16.0. The Morgan fingerprint density at radius 1 is 1.35 bits per heavy atom. The fourth-order valence-electron chi connectivity index (χ4n) is 2.99. The van der Waals surface area contributed by atoms with Gasteiger partial charge in [0.2, 0.25) is 0 Å². The number of methoxy groups -OCH3 is 1. The van der Waals surface area contributed by atoms with Crippen LogP contribution in [0.15, 0.2) is 24.3 Å². The smallest absolute Gasteiger partial charge is 0.147 e. The van der Waals surface area contributed by atoms with Gasteiger partial charge in [-0.3, -0.25) is 4.90 Å².